The van der Waals surface area contributed by atoms with Crippen LogP contribution in [0.25, 0.3) is 0 Å². The van der Waals surface area contributed by atoms with Gasteiger partial charge in [-0.25, -0.2) is 12.8 Å². The van der Waals surface area contributed by atoms with Gasteiger partial charge in [0, 0.05) is 22.1 Å². The Hall–Kier alpha value is -1.74. The van der Waals surface area contributed by atoms with E-state index >= 15 is 0 Å². The molecule has 1 saturated heterocycles. The number of aliphatic hydroxyl groups is 2. The minimum Gasteiger partial charge on any atom is -0.486 e. The molecule has 2 atom stereocenters. The average Bonchev–Trinajstić information content (AvgIpc) is 2.99. The highest BCUT2D eigenvalue weighted by Crippen LogP contribution is 2.34. The molecule has 29 heavy (non-hydrogen) atoms. The van der Waals surface area contributed by atoms with E-state index in [-0.39, 0.29) is 27.2 Å². The quantitative estimate of drug-likeness (QED) is 0.645. The molecular weight excluding hydrogens is 491 g/mol. The number of benzene rings is 2. The van der Waals surface area contributed by atoms with E-state index in [4.69, 9.17) is 21.6 Å². The number of rotatable bonds is 5. The van der Waals surface area contributed by atoms with Crippen LogP contribution in [0.2, 0.25) is 5.02 Å². The summed E-state index contributed by atoms with van der Waals surface area (Å²) < 4.78 is 46.7. The van der Waals surface area contributed by atoms with E-state index in [2.05, 4.69) is 15.9 Å². The van der Waals surface area contributed by atoms with Gasteiger partial charge in [0.05, 0.1) is 23.6 Å². The molecule has 1 aliphatic rings. The molecular formula is C18H15BrClFN2O5S. The smallest absolute Gasteiger partial charge is 0.244 e. The molecule has 0 bridgehead atoms. The topological polar surface area (TPSA) is 111 Å². The number of hydrogen-bond acceptors (Lipinski definition) is 6. The van der Waals surface area contributed by atoms with Crippen LogP contribution in [0.5, 0.6) is 5.75 Å². The first kappa shape index (κ1) is 22.0. The molecule has 0 amide bonds. The normalized spacial score (nSPS) is 22.4. The Morgan fingerprint density at radius 2 is 2.10 bits per heavy atom. The van der Waals surface area contributed by atoms with Crippen LogP contribution in [0, 0.1) is 17.1 Å². The van der Waals surface area contributed by atoms with Crippen LogP contribution >= 0.6 is 27.5 Å². The molecule has 1 heterocycles. The molecule has 0 saturated carbocycles. The molecule has 2 aromatic rings. The Bertz CT molecular complexity index is 1090. The number of β-amino-alcohol motifs (C(OH)–C–C–N with tert-alkyl or cyclic N) is 1. The second-order valence-corrected chi connectivity index (χ2v) is 9.69. The summed E-state index contributed by atoms with van der Waals surface area (Å²) >= 11 is 9.02. The number of hydrogen-bond donors (Lipinski definition) is 2. The van der Waals surface area contributed by atoms with Gasteiger partial charge >= 0.3 is 0 Å². The van der Waals surface area contributed by atoms with Gasteiger partial charge in [0.15, 0.2) is 0 Å². The summed E-state index contributed by atoms with van der Waals surface area (Å²) in [5, 5.41) is 29.5. The molecule has 0 aromatic heterocycles. The van der Waals surface area contributed by atoms with E-state index in [1.165, 1.54) is 30.3 Å². The van der Waals surface area contributed by atoms with Crippen molar-refractivity contribution in [3.63, 3.8) is 0 Å². The monoisotopic (exact) mass is 504 g/mol. The molecule has 2 aromatic carbocycles. The molecule has 0 aliphatic carbocycles. The summed E-state index contributed by atoms with van der Waals surface area (Å²) in [6.07, 6.45) is -1.17. The van der Waals surface area contributed by atoms with Crippen LogP contribution in [0.3, 0.4) is 0 Å². The highest BCUT2D eigenvalue weighted by molar-refractivity contribution is 9.10. The lowest BCUT2D eigenvalue weighted by atomic mass is 10.0. The first-order valence-electron chi connectivity index (χ1n) is 8.25. The molecule has 154 valence electrons. The second-order valence-electron chi connectivity index (χ2n) is 6.49. The number of nitrogens with zero attached hydrogens (tertiary/aromatic N) is 2. The third-order valence-electron chi connectivity index (χ3n) is 4.54. The molecule has 1 aliphatic heterocycles. The van der Waals surface area contributed by atoms with Crippen LogP contribution in [-0.4, -0.2) is 54.3 Å². The zero-order chi connectivity index (χ0) is 21.4. The number of sulfonamides is 1. The third-order valence-corrected chi connectivity index (χ3v) is 7.57. The molecule has 1 fully saturated rings. The molecule has 0 spiro atoms. The van der Waals surface area contributed by atoms with Gasteiger partial charge in [-0.1, -0.05) is 11.6 Å². The van der Waals surface area contributed by atoms with Gasteiger partial charge < -0.3 is 14.9 Å². The van der Waals surface area contributed by atoms with Crippen molar-refractivity contribution in [2.24, 2.45) is 0 Å². The van der Waals surface area contributed by atoms with E-state index in [0.29, 0.717) is 5.02 Å². The zero-order valence-electron chi connectivity index (χ0n) is 14.7. The van der Waals surface area contributed by atoms with Crippen molar-refractivity contribution >= 4 is 37.6 Å². The van der Waals surface area contributed by atoms with Gasteiger partial charge in [-0.05, 0) is 46.3 Å². The fraction of sp³-hybridized carbons (Fsp3) is 0.278. The zero-order valence-corrected chi connectivity index (χ0v) is 17.9. The van der Waals surface area contributed by atoms with Gasteiger partial charge in [0.1, 0.15) is 29.3 Å². The minimum absolute atomic E-state index is 0.00898. The van der Waals surface area contributed by atoms with E-state index in [1.807, 2.05) is 0 Å². The van der Waals surface area contributed by atoms with Gasteiger partial charge in [-0.2, -0.15) is 9.57 Å². The first-order valence-corrected chi connectivity index (χ1v) is 10.9. The maximum Gasteiger partial charge on any atom is 0.244 e. The van der Waals surface area contributed by atoms with Gasteiger partial charge in [0.25, 0.3) is 0 Å². The van der Waals surface area contributed by atoms with Gasteiger partial charge in [0.2, 0.25) is 10.0 Å². The Balaban J connectivity index is 1.89. The van der Waals surface area contributed by atoms with Crippen molar-refractivity contribution < 1.29 is 27.8 Å². The van der Waals surface area contributed by atoms with Crippen LogP contribution in [-0.2, 0) is 10.0 Å². The van der Waals surface area contributed by atoms with Gasteiger partial charge in [-0.3, -0.25) is 0 Å². The number of halogens is 3. The molecule has 2 N–H and O–H groups in total. The molecule has 0 unspecified atom stereocenters. The predicted octanol–water partition coefficient (Wildman–Crippen LogP) is 2.29. The summed E-state index contributed by atoms with van der Waals surface area (Å²) in [5.74, 6) is -0.824. The van der Waals surface area contributed by atoms with E-state index in [0.717, 1.165) is 10.4 Å². The van der Waals surface area contributed by atoms with E-state index in [1.54, 1.807) is 6.07 Å². The van der Waals surface area contributed by atoms with Crippen molar-refractivity contribution in [2.45, 2.75) is 16.6 Å². The first-order chi connectivity index (χ1) is 13.6. The lowest BCUT2D eigenvalue weighted by Gasteiger charge is -2.27. The largest absolute Gasteiger partial charge is 0.486 e. The number of nitriles is 1. The van der Waals surface area contributed by atoms with Crippen molar-refractivity contribution in [3.8, 4) is 11.8 Å². The van der Waals surface area contributed by atoms with Crippen molar-refractivity contribution in [1.29, 1.82) is 5.26 Å². The average molecular weight is 506 g/mol. The Morgan fingerprint density at radius 3 is 2.69 bits per heavy atom. The van der Waals surface area contributed by atoms with E-state index < -0.39 is 40.7 Å². The van der Waals surface area contributed by atoms with Crippen LogP contribution < -0.4 is 4.74 Å². The minimum atomic E-state index is -4.05. The van der Waals surface area contributed by atoms with Crippen molar-refractivity contribution in [2.75, 3.05) is 19.7 Å². The lowest BCUT2D eigenvalue weighted by Crippen LogP contribution is -2.48. The molecule has 7 nitrogen and oxygen atoms in total. The number of ether oxygens (including phenoxy) is 1. The highest BCUT2D eigenvalue weighted by atomic mass is 79.9. The number of aliphatic hydroxyl groups excluding tert-OH is 1. The van der Waals surface area contributed by atoms with E-state index in [9.17, 15) is 23.0 Å². The fourth-order valence-corrected chi connectivity index (χ4v) is 5.80. The molecule has 11 heteroatoms. The summed E-state index contributed by atoms with van der Waals surface area (Å²) in [6, 6.07) is 9.34. The maximum atomic E-state index is 13.8. The third kappa shape index (κ3) is 4.26. The second kappa shape index (κ2) is 8.18. The van der Waals surface area contributed by atoms with Crippen LogP contribution in [0.1, 0.15) is 5.56 Å². The van der Waals surface area contributed by atoms with Crippen LogP contribution in [0.15, 0.2) is 45.8 Å². The maximum absolute atomic E-state index is 13.8. The fourth-order valence-electron chi connectivity index (χ4n) is 2.96. The Morgan fingerprint density at radius 1 is 1.38 bits per heavy atom. The summed E-state index contributed by atoms with van der Waals surface area (Å²) in [5.41, 5.74) is -2.09. The lowest BCUT2D eigenvalue weighted by molar-refractivity contribution is -0.0641. The Labute approximate surface area is 180 Å². The molecule has 0 radical (unpaired) electrons. The van der Waals surface area contributed by atoms with Crippen molar-refractivity contribution in [1.82, 2.24) is 4.31 Å². The van der Waals surface area contributed by atoms with Gasteiger partial charge in [-0.15, -0.1) is 0 Å². The summed E-state index contributed by atoms with van der Waals surface area (Å²) in [4.78, 5) is -0.0627. The summed E-state index contributed by atoms with van der Waals surface area (Å²) in [6.45, 7) is -1.48. The summed E-state index contributed by atoms with van der Waals surface area (Å²) in [7, 11) is -4.05. The molecule has 3 rings (SSSR count). The Kier molecular flexibility index (Phi) is 6.19. The predicted molar refractivity (Wildman–Crippen MR) is 105 cm³/mol. The highest BCUT2D eigenvalue weighted by Gasteiger charge is 2.51. The van der Waals surface area contributed by atoms with Crippen molar-refractivity contribution in [3.05, 3.63) is 57.3 Å². The SMILES string of the molecule is N#Cc1ccc(O[C@H]2CN(S(=O)(=O)c3ccc(Cl)cc3Br)C[C@@]2(O)CO)cc1F. The van der Waals surface area contributed by atoms with Crippen LogP contribution in [0.4, 0.5) is 4.39 Å². The standard InChI is InChI=1S/C18H15BrClFN2O5S/c19-14-5-12(20)2-4-16(14)29(26,27)23-8-17(18(25,9-23)10-24)28-13-3-1-11(7-22)15(21)6-13/h1-6,17,24-25H,8-10H2/t17-,18+/m0/s1.